The lowest BCUT2D eigenvalue weighted by molar-refractivity contribution is -0.120. The van der Waals surface area contributed by atoms with Gasteiger partial charge in [-0.05, 0) is 31.9 Å². The Morgan fingerprint density at radius 2 is 1.68 bits per heavy atom. The van der Waals surface area contributed by atoms with Crippen molar-refractivity contribution in [1.29, 1.82) is 0 Å². The molecular weight excluding hydrogens is 264 g/mol. The first-order chi connectivity index (χ1) is 8.98. The first-order valence-corrected chi connectivity index (χ1v) is 8.28. The summed E-state index contributed by atoms with van der Waals surface area (Å²) in [6.07, 6.45) is -0.677. The van der Waals surface area contributed by atoms with Gasteiger partial charge in [0.25, 0.3) is 0 Å². The average Bonchev–Trinajstić information content (AvgIpc) is 2.32. The minimum atomic E-state index is -3.25. The Bertz CT molecular complexity index is 476. The molecular formula is C14H22O4S. The van der Waals surface area contributed by atoms with Gasteiger partial charge in [0, 0.05) is 13.2 Å². The van der Waals surface area contributed by atoms with Crippen LogP contribution in [0.3, 0.4) is 0 Å². The van der Waals surface area contributed by atoms with Crippen LogP contribution in [0.15, 0.2) is 24.3 Å². The van der Waals surface area contributed by atoms with Crippen molar-refractivity contribution in [2.24, 2.45) is 0 Å². The summed E-state index contributed by atoms with van der Waals surface area (Å²) in [6.45, 7) is 6.42. The van der Waals surface area contributed by atoms with Crippen molar-refractivity contribution in [2.45, 2.75) is 32.8 Å². The molecule has 0 N–H and O–H groups in total. The molecule has 5 heteroatoms. The molecule has 0 spiro atoms. The van der Waals surface area contributed by atoms with Gasteiger partial charge in [-0.25, -0.2) is 8.42 Å². The van der Waals surface area contributed by atoms with Crippen LogP contribution in [0.25, 0.3) is 0 Å². The molecule has 1 aromatic carbocycles. The van der Waals surface area contributed by atoms with E-state index in [-0.39, 0.29) is 11.5 Å². The summed E-state index contributed by atoms with van der Waals surface area (Å²) in [5, 5.41) is 0. The summed E-state index contributed by atoms with van der Waals surface area (Å²) >= 11 is 0. The summed E-state index contributed by atoms with van der Waals surface area (Å²) in [6, 6.07) is 7.49. The molecule has 1 aromatic rings. The monoisotopic (exact) mass is 286 g/mol. The number of aryl methyl sites for hydroxylation is 1. The maximum atomic E-state index is 12.2. The van der Waals surface area contributed by atoms with Crippen molar-refractivity contribution >= 4 is 9.84 Å². The molecule has 0 radical (unpaired) electrons. The van der Waals surface area contributed by atoms with Crippen LogP contribution in [0, 0.1) is 6.92 Å². The Morgan fingerprint density at radius 3 is 2.21 bits per heavy atom. The van der Waals surface area contributed by atoms with E-state index in [1.165, 1.54) is 0 Å². The third-order valence-corrected chi connectivity index (χ3v) is 4.26. The van der Waals surface area contributed by atoms with Crippen LogP contribution in [0.2, 0.25) is 0 Å². The zero-order valence-corrected chi connectivity index (χ0v) is 12.6. The molecule has 108 valence electrons. The van der Waals surface area contributed by atoms with Crippen LogP contribution >= 0.6 is 0 Å². The highest BCUT2D eigenvalue weighted by molar-refractivity contribution is 7.90. The van der Waals surface area contributed by atoms with Gasteiger partial charge in [-0.15, -0.1) is 0 Å². The highest BCUT2D eigenvalue weighted by atomic mass is 32.2. The largest absolute Gasteiger partial charge is 0.352 e. The minimum absolute atomic E-state index is 0.0241. The first-order valence-electron chi connectivity index (χ1n) is 6.46. The van der Waals surface area contributed by atoms with Crippen molar-refractivity contribution in [1.82, 2.24) is 0 Å². The lowest BCUT2D eigenvalue weighted by atomic mass is 10.1. The molecule has 0 aliphatic carbocycles. The van der Waals surface area contributed by atoms with E-state index in [1.807, 2.05) is 45.0 Å². The maximum absolute atomic E-state index is 12.2. The summed E-state index contributed by atoms with van der Waals surface area (Å²) in [5.41, 5.74) is 1.81. The molecule has 0 aliphatic heterocycles. The van der Waals surface area contributed by atoms with Crippen molar-refractivity contribution in [3.63, 3.8) is 0 Å². The summed E-state index contributed by atoms with van der Waals surface area (Å²) < 4.78 is 34.9. The van der Waals surface area contributed by atoms with Gasteiger partial charge in [0.05, 0.1) is 5.75 Å². The van der Waals surface area contributed by atoms with Crippen molar-refractivity contribution < 1.29 is 17.9 Å². The fraction of sp³-hybridized carbons (Fsp3) is 0.571. The normalized spacial score (nSPS) is 12.0. The van der Waals surface area contributed by atoms with Crippen LogP contribution in [0.5, 0.6) is 0 Å². The second-order valence-corrected chi connectivity index (χ2v) is 6.43. The summed E-state index contributed by atoms with van der Waals surface area (Å²) in [7, 11) is -3.25. The molecule has 0 saturated carbocycles. The molecule has 0 unspecified atom stereocenters. The Balaban J connectivity index is 2.72. The molecule has 0 bridgehead atoms. The quantitative estimate of drug-likeness (QED) is 0.688. The molecule has 0 aromatic heterocycles. The van der Waals surface area contributed by atoms with Gasteiger partial charge < -0.3 is 9.47 Å². The van der Waals surface area contributed by atoms with Crippen LogP contribution in [-0.2, 0) is 25.1 Å². The number of hydrogen-bond acceptors (Lipinski definition) is 4. The molecule has 0 heterocycles. The van der Waals surface area contributed by atoms with Gasteiger partial charge in [-0.3, -0.25) is 0 Å². The topological polar surface area (TPSA) is 52.6 Å². The molecule has 19 heavy (non-hydrogen) atoms. The molecule has 0 saturated heterocycles. The smallest absolute Gasteiger partial charge is 0.171 e. The Hall–Kier alpha value is -0.910. The van der Waals surface area contributed by atoms with Crippen molar-refractivity contribution in [3.05, 3.63) is 35.4 Å². The SMILES string of the molecule is CCOC(CS(=O)(=O)Cc1ccccc1C)OCC. The number of benzene rings is 1. The first kappa shape index (κ1) is 16.1. The number of rotatable bonds is 8. The Labute approximate surface area is 115 Å². The Morgan fingerprint density at radius 1 is 1.11 bits per heavy atom. The highest BCUT2D eigenvalue weighted by Crippen LogP contribution is 2.13. The fourth-order valence-electron chi connectivity index (χ4n) is 1.79. The van der Waals surface area contributed by atoms with E-state index in [9.17, 15) is 8.42 Å². The van der Waals surface area contributed by atoms with E-state index in [4.69, 9.17) is 9.47 Å². The van der Waals surface area contributed by atoms with Gasteiger partial charge in [-0.2, -0.15) is 0 Å². The zero-order chi connectivity index (χ0) is 14.3. The van der Waals surface area contributed by atoms with Crippen LogP contribution in [0.4, 0.5) is 0 Å². The zero-order valence-electron chi connectivity index (χ0n) is 11.8. The third-order valence-electron chi connectivity index (χ3n) is 2.73. The molecule has 0 aliphatic rings. The predicted molar refractivity (Wildman–Crippen MR) is 75.7 cm³/mol. The van der Waals surface area contributed by atoms with Gasteiger partial charge >= 0.3 is 0 Å². The molecule has 4 nitrogen and oxygen atoms in total. The number of ether oxygens (including phenoxy) is 2. The van der Waals surface area contributed by atoms with Gasteiger partial charge in [-0.1, -0.05) is 24.3 Å². The van der Waals surface area contributed by atoms with E-state index in [0.29, 0.717) is 13.2 Å². The average molecular weight is 286 g/mol. The molecule has 0 amide bonds. The van der Waals surface area contributed by atoms with E-state index in [2.05, 4.69) is 0 Å². The fourth-order valence-corrected chi connectivity index (χ4v) is 3.31. The number of hydrogen-bond donors (Lipinski definition) is 0. The van der Waals surface area contributed by atoms with E-state index in [1.54, 1.807) is 0 Å². The highest BCUT2D eigenvalue weighted by Gasteiger charge is 2.20. The van der Waals surface area contributed by atoms with Gasteiger partial charge in [0.1, 0.15) is 5.75 Å². The minimum Gasteiger partial charge on any atom is -0.352 e. The van der Waals surface area contributed by atoms with E-state index >= 15 is 0 Å². The van der Waals surface area contributed by atoms with Crippen molar-refractivity contribution in [3.8, 4) is 0 Å². The van der Waals surface area contributed by atoms with Crippen LogP contribution in [-0.4, -0.2) is 33.7 Å². The predicted octanol–water partition coefficient (Wildman–Crippen LogP) is 2.31. The standard InChI is InChI=1S/C14H22O4S/c1-4-17-14(18-5-2)11-19(15,16)10-13-9-7-6-8-12(13)3/h6-9,14H,4-5,10-11H2,1-3H3. The molecule has 0 atom stereocenters. The Kier molecular flexibility index (Phi) is 6.48. The van der Waals surface area contributed by atoms with Crippen LogP contribution in [0.1, 0.15) is 25.0 Å². The van der Waals surface area contributed by atoms with Gasteiger partial charge in [0.15, 0.2) is 16.1 Å². The van der Waals surface area contributed by atoms with E-state index in [0.717, 1.165) is 11.1 Å². The molecule has 0 fully saturated rings. The van der Waals surface area contributed by atoms with Crippen molar-refractivity contribution in [2.75, 3.05) is 19.0 Å². The summed E-state index contributed by atoms with van der Waals surface area (Å²) in [4.78, 5) is 0. The third kappa shape index (κ3) is 5.72. The lowest BCUT2D eigenvalue weighted by Gasteiger charge is -2.17. The molecule has 1 rings (SSSR count). The van der Waals surface area contributed by atoms with E-state index < -0.39 is 16.1 Å². The maximum Gasteiger partial charge on any atom is 0.171 e. The lowest BCUT2D eigenvalue weighted by Crippen LogP contribution is -2.28. The van der Waals surface area contributed by atoms with Crippen LogP contribution < -0.4 is 0 Å². The second kappa shape index (κ2) is 7.62. The van der Waals surface area contributed by atoms with Gasteiger partial charge in [0.2, 0.25) is 0 Å². The number of sulfone groups is 1. The second-order valence-electron chi connectivity index (χ2n) is 4.32. The summed E-state index contributed by atoms with van der Waals surface area (Å²) in [5.74, 6) is -0.0840.